The zero-order valence-corrected chi connectivity index (χ0v) is 12.7. The molecule has 1 aliphatic rings. The molecule has 1 aromatic rings. The van der Waals surface area contributed by atoms with Crippen molar-refractivity contribution in [3.8, 4) is 0 Å². The molecule has 0 saturated heterocycles. The first-order valence-electron chi connectivity index (χ1n) is 7.19. The van der Waals surface area contributed by atoms with Crippen LogP contribution in [0.3, 0.4) is 0 Å². The smallest absolute Gasteiger partial charge is 0.260 e. The van der Waals surface area contributed by atoms with Crippen molar-refractivity contribution < 1.29 is 8.42 Å². The number of rotatable bonds is 5. The summed E-state index contributed by atoms with van der Waals surface area (Å²) in [5.74, 6) is 1.45. The molecule has 0 aliphatic heterocycles. The lowest BCUT2D eigenvalue weighted by Crippen LogP contribution is -2.28. The van der Waals surface area contributed by atoms with Crippen LogP contribution in [0.15, 0.2) is 23.4 Å². The lowest BCUT2D eigenvalue weighted by Gasteiger charge is -2.26. The standard InChI is InChI=1S/C14H23N3O2S/c1-11-4-6-12(7-5-11)8-10-17-20(18,19)14-13(15)3-2-9-16-14/h2-3,9,11-12,17H,4-8,10,15H2,1H3. The third-order valence-corrected chi connectivity index (χ3v) is 5.47. The van der Waals surface area contributed by atoms with Gasteiger partial charge in [0.15, 0.2) is 5.03 Å². The average molecular weight is 297 g/mol. The average Bonchev–Trinajstić information content (AvgIpc) is 2.41. The van der Waals surface area contributed by atoms with Gasteiger partial charge in [0, 0.05) is 12.7 Å². The number of hydrogen-bond donors (Lipinski definition) is 2. The van der Waals surface area contributed by atoms with E-state index in [9.17, 15) is 8.42 Å². The largest absolute Gasteiger partial charge is 0.396 e. The van der Waals surface area contributed by atoms with Gasteiger partial charge >= 0.3 is 0 Å². The Bertz CT molecular complexity index is 537. The Labute approximate surface area is 121 Å². The Balaban J connectivity index is 1.86. The molecule has 0 bridgehead atoms. The zero-order chi connectivity index (χ0) is 14.6. The molecule has 20 heavy (non-hydrogen) atoms. The van der Waals surface area contributed by atoms with E-state index in [1.807, 2.05) is 0 Å². The Morgan fingerprint density at radius 3 is 2.70 bits per heavy atom. The summed E-state index contributed by atoms with van der Waals surface area (Å²) in [7, 11) is -3.59. The van der Waals surface area contributed by atoms with Gasteiger partial charge in [-0.3, -0.25) is 0 Å². The minimum atomic E-state index is -3.59. The highest BCUT2D eigenvalue weighted by Crippen LogP contribution is 2.30. The van der Waals surface area contributed by atoms with Gasteiger partial charge in [-0.25, -0.2) is 18.1 Å². The topological polar surface area (TPSA) is 85.1 Å². The highest BCUT2D eigenvalue weighted by Gasteiger charge is 2.21. The summed E-state index contributed by atoms with van der Waals surface area (Å²) in [6.45, 7) is 2.74. The molecule has 0 spiro atoms. The highest BCUT2D eigenvalue weighted by atomic mass is 32.2. The fourth-order valence-corrected chi connectivity index (χ4v) is 3.81. The van der Waals surface area contributed by atoms with Crippen LogP contribution in [0.25, 0.3) is 0 Å². The van der Waals surface area contributed by atoms with Crippen LogP contribution < -0.4 is 10.5 Å². The third kappa shape index (κ3) is 3.93. The molecular formula is C14H23N3O2S. The normalized spacial score (nSPS) is 23.6. The Morgan fingerprint density at radius 1 is 1.35 bits per heavy atom. The van der Waals surface area contributed by atoms with Gasteiger partial charge in [-0.15, -0.1) is 0 Å². The number of nitrogen functional groups attached to an aromatic ring is 1. The van der Waals surface area contributed by atoms with Gasteiger partial charge in [-0.1, -0.05) is 32.6 Å². The summed E-state index contributed by atoms with van der Waals surface area (Å²) < 4.78 is 26.8. The monoisotopic (exact) mass is 297 g/mol. The first kappa shape index (κ1) is 15.3. The Kier molecular flexibility index (Phi) is 4.99. The molecule has 0 unspecified atom stereocenters. The van der Waals surface area contributed by atoms with Crippen molar-refractivity contribution in [3.05, 3.63) is 18.3 Å². The van der Waals surface area contributed by atoms with Crippen LogP contribution in [-0.4, -0.2) is 19.9 Å². The van der Waals surface area contributed by atoms with Crippen LogP contribution in [0.2, 0.25) is 0 Å². The van der Waals surface area contributed by atoms with Gasteiger partial charge < -0.3 is 5.73 Å². The van der Waals surface area contributed by atoms with Crippen molar-refractivity contribution in [1.29, 1.82) is 0 Å². The quantitative estimate of drug-likeness (QED) is 0.872. The summed E-state index contributed by atoms with van der Waals surface area (Å²) in [6, 6.07) is 3.17. The summed E-state index contributed by atoms with van der Waals surface area (Å²) >= 11 is 0. The third-order valence-electron chi connectivity index (χ3n) is 4.04. The number of pyridine rings is 1. The molecule has 1 fully saturated rings. The summed E-state index contributed by atoms with van der Waals surface area (Å²) in [5.41, 5.74) is 5.84. The number of anilines is 1. The van der Waals surface area contributed by atoms with E-state index in [1.54, 1.807) is 12.1 Å². The van der Waals surface area contributed by atoms with Crippen LogP contribution in [0, 0.1) is 11.8 Å². The van der Waals surface area contributed by atoms with Crippen LogP contribution in [0.5, 0.6) is 0 Å². The molecule has 6 heteroatoms. The van der Waals surface area contributed by atoms with E-state index >= 15 is 0 Å². The molecule has 0 atom stereocenters. The fourth-order valence-electron chi connectivity index (χ4n) is 2.71. The fraction of sp³-hybridized carbons (Fsp3) is 0.643. The lowest BCUT2D eigenvalue weighted by atomic mass is 9.81. The van der Waals surface area contributed by atoms with Crippen molar-refractivity contribution in [2.24, 2.45) is 11.8 Å². The van der Waals surface area contributed by atoms with Gasteiger partial charge in [0.25, 0.3) is 10.0 Å². The van der Waals surface area contributed by atoms with Crippen molar-refractivity contribution in [3.63, 3.8) is 0 Å². The molecule has 0 aromatic carbocycles. The van der Waals surface area contributed by atoms with Gasteiger partial charge in [0.1, 0.15) is 0 Å². The minimum Gasteiger partial charge on any atom is -0.396 e. The highest BCUT2D eigenvalue weighted by molar-refractivity contribution is 7.89. The Hall–Kier alpha value is -1.14. The van der Waals surface area contributed by atoms with Gasteiger partial charge in [0.2, 0.25) is 0 Å². The van der Waals surface area contributed by atoms with Crippen LogP contribution in [0.1, 0.15) is 39.0 Å². The second kappa shape index (κ2) is 6.54. The molecule has 0 amide bonds. The van der Waals surface area contributed by atoms with Crippen LogP contribution >= 0.6 is 0 Å². The predicted molar refractivity (Wildman–Crippen MR) is 79.6 cm³/mol. The number of nitrogens with two attached hydrogens (primary N) is 1. The summed E-state index contributed by atoms with van der Waals surface area (Å²) in [6.07, 6.45) is 7.24. The van der Waals surface area contributed by atoms with Crippen LogP contribution in [-0.2, 0) is 10.0 Å². The van der Waals surface area contributed by atoms with Crippen molar-refractivity contribution in [2.45, 2.75) is 44.1 Å². The molecule has 3 N–H and O–H groups in total. The van der Waals surface area contributed by atoms with E-state index in [2.05, 4.69) is 16.6 Å². The maximum absolute atomic E-state index is 12.1. The molecule has 112 valence electrons. The zero-order valence-electron chi connectivity index (χ0n) is 11.9. The SMILES string of the molecule is CC1CCC(CCNS(=O)(=O)c2ncccc2N)CC1. The van der Waals surface area contributed by atoms with E-state index < -0.39 is 10.0 Å². The molecular weight excluding hydrogens is 274 g/mol. The number of hydrogen-bond acceptors (Lipinski definition) is 4. The Morgan fingerprint density at radius 2 is 2.05 bits per heavy atom. The second-order valence-corrected chi connectivity index (χ2v) is 7.39. The summed E-state index contributed by atoms with van der Waals surface area (Å²) in [4.78, 5) is 3.85. The first-order valence-corrected chi connectivity index (χ1v) is 8.67. The number of aromatic nitrogens is 1. The number of nitrogens with zero attached hydrogens (tertiary/aromatic N) is 1. The second-order valence-electron chi connectivity index (χ2n) is 5.71. The molecule has 0 radical (unpaired) electrons. The molecule has 1 aromatic heterocycles. The van der Waals surface area contributed by atoms with E-state index in [4.69, 9.17) is 5.73 Å². The van der Waals surface area contributed by atoms with E-state index in [1.165, 1.54) is 31.9 Å². The minimum absolute atomic E-state index is 0.0720. The van der Waals surface area contributed by atoms with E-state index in [0.29, 0.717) is 12.5 Å². The van der Waals surface area contributed by atoms with Crippen molar-refractivity contribution >= 4 is 15.7 Å². The van der Waals surface area contributed by atoms with Crippen molar-refractivity contribution in [1.82, 2.24) is 9.71 Å². The lowest BCUT2D eigenvalue weighted by molar-refractivity contribution is 0.278. The molecule has 1 heterocycles. The van der Waals surface area contributed by atoms with Gasteiger partial charge in [-0.2, -0.15) is 0 Å². The van der Waals surface area contributed by atoms with Crippen molar-refractivity contribution in [2.75, 3.05) is 12.3 Å². The molecule has 1 aliphatic carbocycles. The maximum atomic E-state index is 12.1. The van der Waals surface area contributed by atoms with E-state index in [-0.39, 0.29) is 10.7 Å². The van der Waals surface area contributed by atoms with Gasteiger partial charge in [-0.05, 0) is 30.4 Å². The molecule has 2 rings (SSSR count). The first-order chi connectivity index (χ1) is 9.49. The maximum Gasteiger partial charge on any atom is 0.260 e. The predicted octanol–water partition coefficient (Wildman–Crippen LogP) is 2.16. The van der Waals surface area contributed by atoms with E-state index in [0.717, 1.165) is 12.3 Å². The number of sulfonamides is 1. The number of nitrogens with one attached hydrogen (secondary N) is 1. The molecule has 1 saturated carbocycles. The summed E-state index contributed by atoms with van der Waals surface area (Å²) in [5, 5.41) is -0.0720. The van der Waals surface area contributed by atoms with Crippen LogP contribution in [0.4, 0.5) is 5.69 Å². The van der Waals surface area contributed by atoms with Gasteiger partial charge in [0.05, 0.1) is 5.69 Å². The molecule has 5 nitrogen and oxygen atoms in total.